The Morgan fingerprint density at radius 1 is 0.737 bits per heavy atom. The van der Waals surface area contributed by atoms with E-state index in [0.717, 1.165) is 29.9 Å². The van der Waals surface area contributed by atoms with E-state index in [-0.39, 0.29) is 17.3 Å². The molecule has 194 valence electrons. The van der Waals surface area contributed by atoms with Crippen LogP contribution in [0.4, 0.5) is 11.4 Å². The SMILES string of the molecule is Cc1ccccc1CN(c1ccc(C(=O)N2CCN(c3ccccc3)CC2)cc1)S(=O)(=O)c1ccccc1. The van der Waals surface area contributed by atoms with Crippen LogP contribution in [0.25, 0.3) is 0 Å². The molecule has 0 bridgehead atoms. The Bertz CT molecular complexity index is 1480. The average Bonchev–Trinajstić information content (AvgIpc) is 2.97. The van der Waals surface area contributed by atoms with Crippen LogP contribution in [0.3, 0.4) is 0 Å². The van der Waals surface area contributed by atoms with Crippen molar-refractivity contribution in [3.05, 3.63) is 126 Å². The minimum Gasteiger partial charge on any atom is -0.368 e. The van der Waals surface area contributed by atoms with E-state index in [1.54, 1.807) is 54.6 Å². The first-order valence-electron chi connectivity index (χ1n) is 12.7. The molecule has 0 radical (unpaired) electrons. The monoisotopic (exact) mass is 525 g/mol. The summed E-state index contributed by atoms with van der Waals surface area (Å²) in [6.45, 7) is 4.98. The Balaban J connectivity index is 1.36. The topological polar surface area (TPSA) is 60.9 Å². The smallest absolute Gasteiger partial charge is 0.264 e. The Morgan fingerprint density at radius 2 is 1.32 bits per heavy atom. The molecule has 0 aliphatic carbocycles. The minimum absolute atomic E-state index is 0.0411. The molecule has 38 heavy (non-hydrogen) atoms. The summed E-state index contributed by atoms with van der Waals surface area (Å²) in [5, 5.41) is 0. The normalized spacial score (nSPS) is 13.8. The lowest BCUT2D eigenvalue weighted by molar-refractivity contribution is 0.0747. The van der Waals surface area contributed by atoms with Crippen molar-refractivity contribution >= 4 is 27.3 Å². The fourth-order valence-electron chi connectivity index (χ4n) is 4.74. The van der Waals surface area contributed by atoms with Gasteiger partial charge in [0.25, 0.3) is 15.9 Å². The van der Waals surface area contributed by atoms with Crippen LogP contribution in [0.15, 0.2) is 114 Å². The van der Waals surface area contributed by atoms with E-state index in [2.05, 4.69) is 17.0 Å². The third-order valence-electron chi connectivity index (χ3n) is 7.00. The summed E-state index contributed by atoms with van der Waals surface area (Å²) in [6, 6.07) is 33.3. The van der Waals surface area contributed by atoms with Crippen LogP contribution in [0.5, 0.6) is 0 Å². The van der Waals surface area contributed by atoms with Crippen molar-refractivity contribution in [2.45, 2.75) is 18.4 Å². The highest BCUT2D eigenvalue weighted by Crippen LogP contribution is 2.28. The van der Waals surface area contributed by atoms with E-state index >= 15 is 0 Å². The molecule has 4 aromatic rings. The number of benzene rings is 4. The van der Waals surface area contributed by atoms with Crippen LogP contribution in [0.2, 0.25) is 0 Å². The van der Waals surface area contributed by atoms with Gasteiger partial charge in [0.15, 0.2) is 0 Å². The lowest BCUT2D eigenvalue weighted by Gasteiger charge is -2.36. The predicted molar refractivity (Wildman–Crippen MR) is 152 cm³/mol. The van der Waals surface area contributed by atoms with Crippen molar-refractivity contribution in [2.24, 2.45) is 0 Å². The Hall–Kier alpha value is -4.10. The summed E-state index contributed by atoms with van der Waals surface area (Å²) >= 11 is 0. The molecule has 7 heteroatoms. The van der Waals surface area contributed by atoms with Crippen molar-refractivity contribution in [1.29, 1.82) is 0 Å². The van der Waals surface area contributed by atoms with Crippen LogP contribution < -0.4 is 9.21 Å². The summed E-state index contributed by atoms with van der Waals surface area (Å²) in [4.78, 5) is 17.6. The van der Waals surface area contributed by atoms with Crippen LogP contribution in [-0.4, -0.2) is 45.4 Å². The molecule has 1 saturated heterocycles. The third-order valence-corrected chi connectivity index (χ3v) is 8.78. The molecule has 0 aromatic heterocycles. The van der Waals surface area contributed by atoms with Gasteiger partial charge in [0.1, 0.15) is 0 Å². The number of anilines is 2. The molecule has 0 atom stereocenters. The first-order valence-corrected chi connectivity index (χ1v) is 14.2. The van der Waals surface area contributed by atoms with E-state index in [1.165, 1.54) is 4.31 Å². The number of amides is 1. The summed E-state index contributed by atoms with van der Waals surface area (Å²) in [6.07, 6.45) is 0. The highest BCUT2D eigenvalue weighted by molar-refractivity contribution is 7.92. The fraction of sp³-hybridized carbons (Fsp3) is 0.194. The van der Waals surface area contributed by atoms with Gasteiger partial charge in [-0.1, -0.05) is 60.7 Å². The molecule has 1 heterocycles. The van der Waals surface area contributed by atoms with Crippen molar-refractivity contribution in [3.8, 4) is 0 Å². The molecular weight excluding hydrogens is 494 g/mol. The number of carbonyl (C=O) groups is 1. The van der Waals surface area contributed by atoms with Gasteiger partial charge in [-0.15, -0.1) is 0 Å². The second-order valence-electron chi connectivity index (χ2n) is 9.41. The van der Waals surface area contributed by atoms with Crippen molar-refractivity contribution < 1.29 is 13.2 Å². The molecular formula is C31H31N3O3S. The first-order chi connectivity index (χ1) is 18.4. The largest absolute Gasteiger partial charge is 0.368 e. The summed E-state index contributed by atoms with van der Waals surface area (Å²) in [5.41, 5.74) is 4.17. The Morgan fingerprint density at radius 3 is 1.95 bits per heavy atom. The van der Waals surface area contributed by atoms with Gasteiger partial charge in [-0.2, -0.15) is 0 Å². The number of aryl methyl sites for hydroxylation is 1. The maximum Gasteiger partial charge on any atom is 0.264 e. The van der Waals surface area contributed by atoms with Crippen LogP contribution in [0.1, 0.15) is 21.5 Å². The number of sulfonamides is 1. The standard InChI is InChI=1S/C31H31N3O3S/c1-25-10-8-9-11-27(25)24-34(38(36,37)30-14-6-3-7-15-30)29-18-16-26(17-19-29)31(35)33-22-20-32(21-23-33)28-12-4-2-5-13-28/h2-19H,20-24H2,1H3. The van der Waals surface area contributed by atoms with Gasteiger partial charge < -0.3 is 9.80 Å². The lowest BCUT2D eigenvalue weighted by atomic mass is 10.1. The number of para-hydroxylation sites is 1. The third kappa shape index (κ3) is 5.43. The van der Waals surface area contributed by atoms with E-state index in [1.807, 2.05) is 54.3 Å². The van der Waals surface area contributed by atoms with Crippen molar-refractivity contribution in [2.75, 3.05) is 35.4 Å². The molecule has 0 saturated carbocycles. The zero-order valence-corrected chi connectivity index (χ0v) is 22.2. The van der Waals surface area contributed by atoms with Crippen LogP contribution in [0, 0.1) is 6.92 Å². The summed E-state index contributed by atoms with van der Waals surface area (Å²) in [5.74, 6) is -0.0411. The molecule has 0 unspecified atom stereocenters. The minimum atomic E-state index is -3.82. The highest BCUT2D eigenvalue weighted by atomic mass is 32.2. The number of hydrogen-bond donors (Lipinski definition) is 0. The van der Waals surface area contributed by atoms with Crippen molar-refractivity contribution in [3.63, 3.8) is 0 Å². The molecule has 0 spiro atoms. The number of nitrogens with zero attached hydrogens (tertiary/aromatic N) is 3. The van der Waals surface area contributed by atoms with Crippen LogP contribution >= 0.6 is 0 Å². The zero-order chi connectivity index (χ0) is 26.5. The second-order valence-corrected chi connectivity index (χ2v) is 11.3. The molecule has 5 rings (SSSR count). The van der Waals surface area contributed by atoms with E-state index < -0.39 is 10.0 Å². The lowest BCUT2D eigenvalue weighted by Crippen LogP contribution is -2.48. The van der Waals surface area contributed by atoms with Crippen molar-refractivity contribution in [1.82, 2.24) is 4.90 Å². The number of hydrogen-bond acceptors (Lipinski definition) is 4. The Labute approximate surface area is 224 Å². The quantitative estimate of drug-likeness (QED) is 0.326. The average molecular weight is 526 g/mol. The highest BCUT2D eigenvalue weighted by Gasteiger charge is 2.27. The molecule has 1 amide bonds. The molecule has 1 aliphatic heterocycles. The van der Waals surface area contributed by atoms with Gasteiger partial charge in [-0.25, -0.2) is 8.42 Å². The molecule has 1 fully saturated rings. The summed E-state index contributed by atoms with van der Waals surface area (Å²) < 4.78 is 28.8. The summed E-state index contributed by atoms with van der Waals surface area (Å²) in [7, 11) is -3.82. The maximum atomic E-state index is 13.7. The molecule has 6 nitrogen and oxygen atoms in total. The first kappa shape index (κ1) is 25.5. The molecule has 1 aliphatic rings. The van der Waals surface area contributed by atoms with Gasteiger partial charge in [0.05, 0.1) is 17.1 Å². The number of piperazine rings is 1. The second kappa shape index (κ2) is 11.1. The van der Waals surface area contributed by atoms with Gasteiger partial charge >= 0.3 is 0 Å². The van der Waals surface area contributed by atoms with E-state index in [0.29, 0.717) is 24.3 Å². The van der Waals surface area contributed by atoms with E-state index in [4.69, 9.17) is 0 Å². The van der Waals surface area contributed by atoms with Gasteiger partial charge in [0, 0.05) is 37.4 Å². The van der Waals surface area contributed by atoms with E-state index in [9.17, 15) is 13.2 Å². The van der Waals surface area contributed by atoms with Gasteiger partial charge in [0.2, 0.25) is 0 Å². The van der Waals surface area contributed by atoms with Crippen LogP contribution in [-0.2, 0) is 16.6 Å². The predicted octanol–water partition coefficient (Wildman–Crippen LogP) is 5.35. The molecule has 0 N–H and O–H groups in total. The number of carbonyl (C=O) groups excluding carboxylic acids is 1. The van der Waals surface area contributed by atoms with Gasteiger partial charge in [-0.3, -0.25) is 9.10 Å². The molecule has 4 aromatic carbocycles. The number of rotatable bonds is 7. The zero-order valence-electron chi connectivity index (χ0n) is 21.4. The Kier molecular flexibility index (Phi) is 7.47. The fourth-order valence-corrected chi connectivity index (χ4v) is 6.20. The van der Waals surface area contributed by atoms with Gasteiger partial charge in [-0.05, 0) is 66.6 Å². The maximum absolute atomic E-state index is 13.7.